The number of carbonyl (C=O) groups excluding carboxylic acids is 1. The first-order valence-corrected chi connectivity index (χ1v) is 7.30. The Labute approximate surface area is 117 Å². The molecule has 3 nitrogen and oxygen atoms in total. The number of carbonyl (C=O) groups is 1. The highest BCUT2D eigenvalue weighted by Gasteiger charge is 2.07. The van der Waals surface area contributed by atoms with E-state index >= 15 is 0 Å². The number of amides is 1. The fraction of sp³-hybridized carbons (Fsp3) is 0.462. The van der Waals surface area contributed by atoms with Gasteiger partial charge in [-0.1, -0.05) is 18.5 Å². The van der Waals surface area contributed by atoms with Crippen molar-refractivity contribution in [3.05, 3.63) is 28.8 Å². The van der Waals surface area contributed by atoms with Gasteiger partial charge in [0.1, 0.15) is 0 Å². The van der Waals surface area contributed by atoms with E-state index in [4.69, 9.17) is 16.7 Å². The molecule has 0 fully saturated rings. The molecular formula is C13H18ClNO2S. The minimum absolute atomic E-state index is 0.0319. The van der Waals surface area contributed by atoms with Gasteiger partial charge in [0, 0.05) is 17.3 Å². The number of hydrogen-bond donors (Lipinski definition) is 2. The maximum absolute atomic E-state index is 11.7. The van der Waals surface area contributed by atoms with Crippen LogP contribution in [0.3, 0.4) is 0 Å². The molecule has 0 aromatic heterocycles. The van der Waals surface area contributed by atoms with Crippen molar-refractivity contribution >= 4 is 35.0 Å². The maximum atomic E-state index is 11.7. The van der Waals surface area contributed by atoms with Crippen LogP contribution in [-0.2, 0) is 4.79 Å². The lowest BCUT2D eigenvalue weighted by molar-refractivity contribution is -0.113. The number of thioether (sulfide) groups is 1. The van der Waals surface area contributed by atoms with Crippen LogP contribution in [0.2, 0.25) is 5.02 Å². The van der Waals surface area contributed by atoms with E-state index in [9.17, 15) is 4.79 Å². The average molecular weight is 288 g/mol. The molecule has 1 amide bonds. The molecular weight excluding hydrogens is 270 g/mol. The molecule has 0 aliphatic carbocycles. The molecule has 0 saturated carbocycles. The summed E-state index contributed by atoms with van der Waals surface area (Å²) in [4.78, 5) is 11.7. The summed E-state index contributed by atoms with van der Waals surface area (Å²) < 4.78 is 0. The van der Waals surface area contributed by atoms with E-state index in [1.807, 2.05) is 19.9 Å². The Bertz CT molecular complexity index is 412. The summed E-state index contributed by atoms with van der Waals surface area (Å²) in [6.07, 6.45) is 0. The molecule has 0 bridgehead atoms. The normalized spacial score (nSPS) is 12.2. The quantitative estimate of drug-likeness (QED) is 0.846. The van der Waals surface area contributed by atoms with E-state index in [2.05, 4.69) is 5.32 Å². The van der Waals surface area contributed by atoms with Gasteiger partial charge < -0.3 is 10.4 Å². The highest BCUT2D eigenvalue weighted by molar-refractivity contribution is 7.99. The number of rotatable bonds is 6. The average Bonchev–Trinajstić information content (AvgIpc) is 2.32. The van der Waals surface area contributed by atoms with Crippen molar-refractivity contribution < 1.29 is 9.90 Å². The third kappa shape index (κ3) is 5.29. The maximum Gasteiger partial charge on any atom is 0.234 e. The first kappa shape index (κ1) is 15.3. The molecule has 100 valence electrons. The second-order valence-corrected chi connectivity index (χ2v) is 5.78. The summed E-state index contributed by atoms with van der Waals surface area (Å²) in [5, 5.41) is 12.4. The van der Waals surface area contributed by atoms with Gasteiger partial charge >= 0.3 is 0 Å². The van der Waals surface area contributed by atoms with E-state index in [0.29, 0.717) is 10.8 Å². The van der Waals surface area contributed by atoms with Crippen molar-refractivity contribution in [1.82, 2.24) is 0 Å². The Hall–Kier alpha value is -0.710. The van der Waals surface area contributed by atoms with Gasteiger partial charge in [-0.15, -0.1) is 0 Å². The summed E-state index contributed by atoms with van der Waals surface area (Å²) in [6, 6.07) is 5.37. The first-order chi connectivity index (χ1) is 8.52. The molecule has 1 aromatic rings. The second kappa shape index (κ2) is 7.67. The Balaban J connectivity index is 2.40. The summed E-state index contributed by atoms with van der Waals surface area (Å²) in [5.41, 5.74) is 1.74. The number of halogens is 1. The van der Waals surface area contributed by atoms with E-state index < -0.39 is 0 Å². The Morgan fingerprint density at radius 3 is 2.89 bits per heavy atom. The summed E-state index contributed by atoms with van der Waals surface area (Å²) in [5.74, 6) is 1.37. The lowest BCUT2D eigenvalue weighted by Gasteiger charge is -2.10. The Morgan fingerprint density at radius 1 is 1.56 bits per heavy atom. The number of hydrogen-bond acceptors (Lipinski definition) is 3. The standard InChI is InChI=1S/C13H18ClNO2S/c1-9(6-16)7-18-8-13(17)15-12-4-3-11(14)5-10(12)2/h3-5,9,16H,6-8H2,1-2H3,(H,15,17). The van der Waals surface area contributed by atoms with Gasteiger partial charge in [0.05, 0.1) is 5.75 Å². The van der Waals surface area contributed by atoms with Crippen LogP contribution in [-0.4, -0.2) is 29.1 Å². The molecule has 0 radical (unpaired) electrons. The van der Waals surface area contributed by atoms with E-state index in [0.717, 1.165) is 17.0 Å². The summed E-state index contributed by atoms with van der Waals surface area (Å²) in [7, 11) is 0. The lowest BCUT2D eigenvalue weighted by atomic mass is 10.2. The highest BCUT2D eigenvalue weighted by atomic mass is 35.5. The van der Waals surface area contributed by atoms with E-state index in [-0.39, 0.29) is 18.4 Å². The van der Waals surface area contributed by atoms with Gasteiger partial charge in [0.2, 0.25) is 5.91 Å². The predicted molar refractivity (Wildman–Crippen MR) is 78.4 cm³/mol. The van der Waals surface area contributed by atoms with Gasteiger partial charge in [-0.25, -0.2) is 0 Å². The number of anilines is 1. The molecule has 0 aliphatic rings. The SMILES string of the molecule is Cc1cc(Cl)ccc1NC(=O)CSCC(C)CO. The Kier molecular flexibility index (Phi) is 6.54. The number of benzene rings is 1. The van der Waals surface area contributed by atoms with Gasteiger partial charge in [-0.05, 0) is 42.4 Å². The van der Waals surface area contributed by atoms with Crippen molar-refractivity contribution in [3.8, 4) is 0 Å². The number of aliphatic hydroxyl groups is 1. The van der Waals surface area contributed by atoms with Gasteiger partial charge in [0.15, 0.2) is 0 Å². The number of aryl methyl sites for hydroxylation is 1. The monoisotopic (exact) mass is 287 g/mol. The van der Waals surface area contributed by atoms with Crippen molar-refractivity contribution in [2.45, 2.75) is 13.8 Å². The summed E-state index contributed by atoms with van der Waals surface area (Å²) in [6.45, 7) is 4.02. The van der Waals surface area contributed by atoms with Crippen LogP contribution < -0.4 is 5.32 Å². The minimum atomic E-state index is -0.0319. The largest absolute Gasteiger partial charge is 0.396 e. The number of aliphatic hydroxyl groups excluding tert-OH is 1. The van der Waals surface area contributed by atoms with Crippen LogP contribution in [0, 0.1) is 12.8 Å². The van der Waals surface area contributed by atoms with Gasteiger partial charge in [0.25, 0.3) is 0 Å². The topological polar surface area (TPSA) is 49.3 Å². The van der Waals surface area contributed by atoms with Crippen LogP contribution in [0.1, 0.15) is 12.5 Å². The van der Waals surface area contributed by atoms with Gasteiger partial charge in [-0.2, -0.15) is 11.8 Å². The third-order valence-electron chi connectivity index (χ3n) is 2.41. The summed E-state index contributed by atoms with van der Waals surface area (Å²) >= 11 is 7.37. The molecule has 18 heavy (non-hydrogen) atoms. The van der Waals surface area contributed by atoms with Crippen LogP contribution in [0.5, 0.6) is 0 Å². The van der Waals surface area contributed by atoms with Crippen LogP contribution in [0.4, 0.5) is 5.69 Å². The minimum Gasteiger partial charge on any atom is -0.396 e. The van der Waals surface area contributed by atoms with Gasteiger partial charge in [-0.3, -0.25) is 4.79 Å². The zero-order valence-electron chi connectivity index (χ0n) is 10.6. The van der Waals surface area contributed by atoms with E-state index in [1.54, 1.807) is 12.1 Å². The van der Waals surface area contributed by atoms with Crippen molar-refractivity contribution in [3.63, 3.8) is 0 Å². The van der Waals surface area contributed by atoms with Crippen LogP contribution >= 0.6 is 23.4 Å². The Morgan fingerprint density at radius 2 is 2.28 bits per heavy atom. The second-order valence-electron chi connectivity index (χ2n) is 4.31. The molecule has 0 spiro atoms. The third-order valence-corrected chi connectivity index (χ3v) is 3.92. The molecule has 2 N–H and O–H groups in total. The van der Waals surface area contributed by atoms with Crippen LogP contribution in [0.25, 0.3) is 0 Å². The van der Waals surface area contributed by atoms with Crippen molar-refractivity contribution in [2.75, 3.05) is 23.4 Å². The predicted octanol–water partition coefficient (Wildman–Crippen LogP) is 2.95. The first-order valence-electron chi connectivity index (χ1n) is 5.77. The van der Waals surface area contributed by atoms with Crippen LogP contribution in [0.15, 0.2) is 18.2 Å². The molecule has 5 heteroatoms. The molecule has 1 atom stereocenters. The van der Waals surface area contributed by atoms with Crippen molar-refractivity contribution in [1.29, 1.82) is 0 Å². The zero-order chi connectivity index (χ0) is 13.5. The molecule has 0 heterocycles. The van der Waals surface area contributed by atoms with E-state index in [1.165, 1.54) is 11.8 Å². The zero-order valence-corrected chi connectivity index (χ0v) is 12.1. The smallest absolute Gasteiger partial charge is 0.234 e. The molecule has 0 aliphatic heterocycles. The lowest BCUT2D eigenvalue weighted by Crippen LogP contribution is -2.16. The molecule has 1 aromatic carbocycles. The molecule has 0 saturated heterocycles. The fourth-order valence-electron chi connectivity index (χ4n) is 1.36. The fourth-order valence-corrected chi connectivity index (χ4v) is 2.47. The number of nitrogens with one attached hydrogen (secondary N) is 1. The highest BCUT2D eigenvalue weighted by Crippen LogP contribution is 2.19. The van der Waals surface area contributed by atoms with Crippen molar-refractivity contribution in [2.24, 2.45) is 5.92 Å². The molecule has 1 unspecified atom stereocenters. The molecule has 1 rings (SSSR count).